The Balaban J connectivity index is 2.07. The molecule has 3 rings (SSSR count). The first kappa shape index (κ1) is 21.2. The second-order valence-electron chi connectivity index (χ2n) is 6.44. The Hall–Kier alpha value is -3.49. The molecule has 9 heteroatoms. The fourth-order valence-corrected chi connectivity index (χ4v) is 2.95. The number of hydrogen-bond donors (Lipinski definition) is 1. The van der Waals surface area contributed by atoms with Crippen LogP contribution in [0.25, 0.3) is 0 Å². The van der Waals surface area contributed by atoms with E-state index in [2.05, 4.69) is 10.3 Å². The molecule has 0 aliphatic carbocycles. The van der Waals surface area contributed by atoms with Gasteiger partial charge in [-0.2, -0.15) is 4.98 Å². The molecule has 30 heavy (non-hydrogen) atoms. The Labute approximate surface area is 170 Å². The molecule has 0 fully saturated rings. The van der Waals surface area contributed by atoms with Crippen LogP contribution in [-0.4, -0.2) is 23.8 Å². The summed E-state index contributed by atoms with van der Waals surface area (Å²) < 4.78 is 52.5. The molecule has 0 amide bonds. The van der Waals surface area contributed by atoms with Crippen LogP contribution >= 0.6 is 0 Å². The Morgan fingerprint density at radius 3 is 2.37 bits per heavy atom. The fraction of sp³-hybridized carbons (Fsp3) is 0.238. The van der Waals surface area contributed by atoms with Gasteiger partial charge in [-0.25, -0.2) is 13.2 Å². The van der Waals surface area contributed by atoms with E-state index in [0.717, 1.165) is 12.1 Å². The van der Waals surface area contributed by atoms with Gasteiger partial charge in [-0.05, 0) is 35.7 Å². The van der Waals surface area contributed by atoms with Crippen molar-refractivity contribution >= 4 is 11.6 Å². The molecule has 1 aromatic heterocycles. The topological polar surface area (TPSA) is 65.4 Å². The molecule has 3 aromatic rings. The number of ether oxygens (including phenoxy) is 2. The van der Waals surface area contributed by atoms with E-state index in [0.29, 0.717) is 23.2 Å². The van der Waals surface area contributed by atoms with Crippen LogP contribution in [0.1, 0.15) is 18.1 Å². The van der Waals surface area contributed by atoms with Gasteiger partial charge in [-0.3, -0.25) is 4.79 Å². The van der Waals surface area contributed by atoms with Crippen molar-refractivity contribution in [3.63, 3.8) is 0 Å². The van der Waals surface area contributed by atoms with Crippen LogP contribution in [0.4, 0.5) is 24.8 Å². The molecule has 0 unspecified atom stereocenters. The molecule has 0 saturated heterocycles. The molecule has 0 radical (unpaired) electrons. The van der Waals surface area contributed by atoms with Crippen molar-refractivity contribution in [3.8, 4) is 11.5 Å². The van der Waals surface area contributed by atoms with E-state index in [1.54, 1.807) is 0 Å². The minimum absolute atomic E-state index is 0.0180. The zero-order chi connectivity index (χ0) is 21.8. The van der Waals surface area contributed by atoms with Crippen molar-refractivity contribution in [1.82, 2.24) is 9.55 Å². The number of aryl methyl sites for hydroxylation is 1. The monoisotopic (exact) mass is 419 g/mol. The zero-order valence-electron chi connectivity index (χ0n) is 16.6. The molecule has 2 aromatic carbocycles. The highest BCUT2D eigenvalue weighted by Gasteiger charge is 2.15. The Morgan fingerprint density at radius 1 is 1.00 bits per heavy atom. The van der Waals surface area contributed by atoms with E-state index in [1.165, 1.54) is 43.2 Å². The van der Waals surface area contributed by atoms with Crippen LogP contribution < -0.4 is 20.3 Å². The van der Waals surface area contributed by atoms with E-state index in [-0.39, 0.29) is 24.0 Å². The van der Waals surface area contributed by atoms with Gasteiger partial charge in [0.2, 0.25) is 11.7 Å². The van der Waals surface area contributed by atoms with Gasteiger partial charge in [0.25, 0.3) is 0 Å². The van der Waals surface area contributed by atoms with Crippen LogP contribution in [-0.2, 0) is 13.0 Å². The summed E-state index contributed by atoms with van der Waals surface area (Å²) in [5.74, 6) is -2.33. The number of nitrogens with one attached hydrogen (secondary N) is 1. The standard InChI is InChI=1S/C21H20F3N3O3/c1-4-13-8-16(24)18(29-2)9-17(13)25-21-26-20(28)19(30-3)11-27(21)10-12-5-6-14(22)15(23)7-12/h5-9,11H,4,10H2,1-3H3,(H,25,26,28). The predicted molar refractivity (Wildman–Crippen MR) is 106 cm³/mol. The molecule has 0 atom stereocenters. The average Bonchev–Trinajstić information content (AvgIpc) is 2.73. The Morgan fingerprint density at radius 2 is 1.73 bits per heavy atom. The quantitative estimate of drug-likeness (QED) is 0.626. The number of hydrogen-bond acceptors (Lipinski definition) is 5. The van der Waals surface area contributed by atoms with Crippen LogP contribution in [0.5, 0.6) is 11.5 Å². The van der Waals surface area contributed by atoms with E-state index in [9.17, 15) is 18.0 Å². The van der Waals surface area contributed by atoms with Crippen LogP contribution in [0.3, 0.4) is 0 Å². The number of aromatic nitrogens is 2. The SMILES string of the molecule is CCc1cc(F)c(OC)cc1Nc1nc(=O)c(OC)cn1Cc1ccc(F)c(F)c1. The van der Waals surface area contributed by atoms with Gasteiger partial charge in [0.15, 0.2) is 23.2 Å². The van der Waals surface area contributed by atoms with Crippen molar-refractivity contribution < 1.29 is 22.6 Å². The molecule has 0 spiro atoms. The summed E-state index contributed by atoms with van der Waals surface area (Å²) in [6.07, 6.45) is 1.91. The van der Waals surface area contributed by atoms with Crippen LogP contribution in [0.2, 0.25) is 0 Å². The third kappa shape index (κ3) is 4.40. The first-order valence-electron chi connectivity index (χ1n) is 9.09. The number of benzene rings is 2. The lowest BCUT2D eigenvalue weighted by atomic mass is 10.1. The number of halogens is 3. The van der Waals surface area contributed by atoms with Gasteiger partial charge in [-0.1, -0.05) is 13.0 Å². The Kier molecular flexibility index (Phi) is 6.29. The number of methoxy groups -OCH3 is 2. The van der Waals surface area contributed by atoms with Gasteiger partial charge < -0.3 is 19.4 Å². The predicted octanol–water partition coefficient (Wildman–Crippen LogP) is 4.03. The molecule has 0 bridgehead atoms. The molecule has 158 valence electrons. The first-order chi connectivity index (χ1) is 14.4. The summed E-state index contributed by atoms with van der Waals surface area (Å²) in [5, 5.41) is 3.01. The molecule has 1 heterocycles. The second-order valence-corrected chi connectivity index (χ2v) is 6.44. The largest absolute Gasteiger partial charge is 0.494 e. The number of rotatable bonds is 7. The van der Waals surface area contributed by atoms with Crippen molar-refractivity contribution in [1.29, 1.82) is 0 Å². The fourth-order valence-electron chi connectivity index (χ4n) is 2.95. The van der Waals surface area contributed by atoms with E-state index < -0.39 is 23.0 Å². The molecular formula is C21H20F3N3O3. The summed E-state index contributed by atoms with van der Waals surface area (Å²) in [5.41, 5.74) is 0.954. The average molecular weight is 419 g/mol. The first-order valence-corrected chi connectivity index (χ1v) is 9.09. The molecule has 0 aliphatic heterocycles. The van der Waals surface area contributed by atoms with Gasteiger partial charge in [0, 0.05) is 11.8 Å². The summed E-state index contributed by atoms with van der Waals surface area (Å²) >= 11 is 0. The Bertz CT molecular complexity index is 1130. The summed E-state index contributed by atoms with van der Waals surface area (Å²) in [6.45, 7) is 1.92. The van der Waals surface area contributed by atoms with Crippen molar-refractivity contribution in [2.24, 2.45) is 0 Å². The number of nitrogens with zero attached hydrogens (tertiary/aromatic N) is 2. The van der Waals surface area contributed by atoms with Crippen molar-refractivity contribution in [3.05, 3.63) is 75.5 Å². The maximum absolute atomic E-state index is 14.1. The van der Waals surface area contributed by atoms with Gasteiger partial charge in [0.05, 0.1) is 27.0 Å². The minimum Gasteiger partial charge on any atom is -0.494 e. The van der Waals surface area contributed by atoms with Gasteiger partial charge >= 0.3 is 5.56 Å². The molecule has 6 nitrogen and oxygen atoms in total. The van der Waals surface area contributed by atoms with Crippen LogP contribution in [0, 0.1) is 17.5 Å². The van der Waals surface area contributed by atoms with Gasteiger partial charge in [-0.15, -0.1) is 0 Å². The maximum atomic E-state index is 14.1. The van der Waals surface area contributed by atoms with Crippen LogP contribution in [0.15, 0.2) is 41.3 Å². The normalized spacial score (nSPS) is 10.7. The molecule has 0 aliphatic rings. The molecule has 0 saturated carbocycles. The maximum Gasteiger partial charge on any atom is 0.316 e. The van der Waals surface area contributed by atoms with E-state index in [4.69, 9.17) is 9.47 Å². The van der Waals surface area contributed by atoms with Gasteiger partial charge in [0.1, 0.15) is 0 Å². The lowest BCUT2D eigenvalue weighted by molar-refractivity contribution is 0.386. The smallest absolute Gasteiger partial charge is 0.316 e. The summed E-state index contributed by atoms with van der Waals surface area (Å²) in [4.78, 5) is 16.2. The number of anilines is 2. The third-order valence-electron chi connectivity index (χ3n) is 4.53. The van der Waals surface area contributed by atoms with Crippen molar-refractivity contribution in [2.45, 2.75) is 19.9 Å². The summed E-state index contributed by atoms with van der Waals surface area (Å²) in [6, 6.07) is 6.30. The highest BCUT2D eigenvalue weighted by molar-refractivity contribution is 5.62. The summed E-state index contributed by atoms with van der Waals surface area (Å²) in [7, 11) is 2.67. The minimum atomic E-state index is -0.987. The highest BCUT2D eigenvalue weighted by atomic mass is 19.2. The lowest BCUT2D eigenvalue weighted by Gasteiger charge is -2.18. The second kappa shape index (κ2) is 8.89. The highest BCUT2D eigenvalue weighted by Crippen LogP contribution is 2.29. The van der Waals surface area contributed by atoms with E-state index >= 15 is 0 Å². The van der Waals surface area contributed by atoms with E-state index in [1.807, 2.05) is 6.92 Å². The van der Waals surface area contributed by atoms with Crippen molar-refractivity contribution in [2.75, 3.05) is 19.5 Å². The zero-order valence-corrected chi connectivity index (χ0v) is 16.6. The molecular weight excluding hydrogens is 399 g/mol. The lowest BCUT2D eigenvalue weighted by Crippen LogP contribution is -2.19. The molecule has 1 N–H and O–H groups in total. The third-order valence-corrected chi connectivity index (χ3v) is 4.53.